The van der Waals surface area contributed by atoms with E-state index in [-0.39, 0.29) is 5.91 Å². The Morgan fingerprint density at radius 2 is 2.00 bits per heavy atom. The zero-order valence-corrected chi connectivity index (χ0v) is 14.8. The van der Waals surface area contributed by atoms with Gasteiger partial charge in [-0.3, -0.25) is 4.79 Å². The van der Waals surface area contributed by atoms with Crippen LogP contribution in [-0.2, 0) is 0 Å². The zero-order valence-electron chi connectivity index (χ0n) is 14.8. The first-order valence-electron chi connectivity index (χ1n) is 8.54. The summed E-state index contributed by atoms with van der Waals surface area (Å²) in [4.78, 5) is 12.7. The number of hydrogen-bond acceptors (Lipinski definition) is 3. The van der Waals surface area contributed by atoms with Gasteiger partial charge in [-0.2, -0.15) is 5.10 Å². The molecular weight excluding hydrogens is 314 g/mol. The summed E-state index contributed by atoms with van der Waals surface area (Å²) in [5.74, 6) is 1.05. The van der Waals surface area contributed by atoms with Gasteiger partial charge in [0.25, 0.3) is 5.91 Å². The molecule has 0 atom stereocenters. The van der Waals surface area contributed by atoms with E-state index in [1.54, 1.807) is 17.0 Å². The lowest BCUT2D eigenvalue weighted by atomic mass is 10.1. The van der Waals surface area contributed by atoms with Gasteiger partial charge in [0.1, 0.15) is 11.4 Å². The molecule has 0 bridgehead atoms. The second kappa shape index (κ2) is 7.38. The van der Waals surface area contributed by atoms with Crippen molar-refractivity contribution < 1.29 is 9.21 Å². The third-order valence-corrected chi connectivity index (χ3v) is 4.00. The second-order valence-corrected chi connectivity index (χ2v) is 6.58. The molecule has 1 N–H and O–H groups in total. The number of hydrogen-bond donors (Lipinski definition) is 1. The predicted octanol–water partition coefficient (Wildman–Crippen LogP) is 4.22. The van der Waals surface area contributed by atoms with Gasteiger partial charge in [0.15, 0.2) is 5.76 Å². The molecule has 130 valence electrons. The van der Waals surface area contributed by atoms with Crippen molar-refractivity contribution in [2.75, 3.05) is 6.54 Å². The Balaban J connectivity index is 1.94. The SMILES string of the molecule is Cc1ccc(-n2nc(-c3ccco3)cc2C(=O)NCCC(C)C)cc1. The Labute approximate surface area is 147 Å². The molecule has 5 heteroatoms. The normalized spacial score (nSPS) is 11.0. The van der Waals surface area contributed by atoms with Gasteiger partial charge in [0.05, 0.1) is 12.0 Å². The molecule has 0 saturated carbocycles. The number of carbonyl (C=O) groups excluding carboxylic acids is 1. The van der Waals surface area contributed by atoms with E-state index in [0.717, 1.165) is 17.7 Å². The van der Waals surface area contributed by atoms with Crippen LogP contribution in [0.2, 0.25) is 0 Å². The van der Waals surface area contributed by atoms with Gasteiger partial charge < -0.3 is 9.73 Å². The first kappa shape index (κ1) is 17.0. The van der Waals surface area contributed by atoms with Crippen LogP contribution in [0.3, 0.4) is 0 Å². The average Bonchev–Trinajstić information content (AvgIpc) is 3.24. The molecule has 1 aromatic carbocycles. The van der Waals surface area contributed by atoms with E-state index in [1.165, 1.54) is 0 Å². The summed E-state index contributed by atoms with van der Waals surface area (Å²) in [6.07, 6.45) is 2.54. The van der Waals surface area contributed by atoms with Crippen LogP contribution in [0.15, 0.2) is 53.1 Å². The molecule has 0 saturated heterocycles. The maximum atomic E-state index is 12.7. The third kappa shape index (κ3) is 3.99. The van der Waals surface area contributed by atoms with Crippen molar-refractivity contribution in [2.24, 2.45) is 5.92 Å². The molecule has 5 nitrogen and oxygen atoms in total. The zero-order chi connectivity index (χ0) is 17.8. The van der Waals surface area contributed by atoms with Crippen LogP contribution in [0.25, 0.3) is 17.1 Å². The Hall–Kier alpha value is -2.82. The summed E-state index contributed by atoms with van der Waals surface area (Å²) >= 11 is 0. The summed E-state index contributed by atoms with van der Waals surface area (Å²) < 4.78 is 7.10. The standard InChI is InChI=1S/C20H23N3O2/c1-14(2)10-11-21-20(24)18-13-17(19-5-4-12-25-19)22-23(18)16-8-6-15(3)7-9-16/h4-9,12-14H,10-11H2,1-3H3,(H,21,24). The van der Waals surface area contributed by atoms with Gasteiger partial charge in [0.2, 0.25) is 0 Å². The number of nitrogens with zero attached hydrogens (tertiary/aromatic N) is 2. The maximum Gasteiger partial charge on any atom is 0.270 e. The number of rotatable bonds is 6. The minimum atomic E-state index is -0.133. The van der Waals surface area contributed by atoms with Crippen molar-refractivity contribution >= 4 is 5.91 Å². The number of furan rings is 1. The lowest BCUT2D eigenvalue weighted by molar-refractivity contribution is 0.0944. The van der Waals surface area contributed by atoms with Crippen LogP contribution >= 0.6 is 0 Å². The number of nitrogens with one attached hydrogen (secondary N) is 1. The maximum absolute atomic E-state index is 12.7. The minimum Gasteiger partial charge on any atom is -0.463 e. The van der Waals surface area contributed by atoms with E-state index in [2.05, 4.69) is 24.3 Å². The Kier molecular flexibility index (Phi) is 5.03. The highest BCUT2D eigenvalue weighted by Gasteiger charge is 2.18. The monoisotopic (exact) mass is 337 g/mol. The van der Waals surface area contributed by atoms with E-state index in [9.17, 15) is 4.79 Å². The summed E-state index contributed by atoms with van der Waals surface area (Å²) in [7, 11) is 0. The topological polar surface area (TPSA) is 60.1 Å². The highest BCUT2D eigenvalue weighted by atomic mass is 16.3. The molecule has 3 rings (SSSR count). The number of carbonyl (C=O) groups is 1. The molecule has 0 aliphatic carbocycles. The van der Waals surface area contributed by atoms with Crippen molar-refractivity contribution in [3.63, 3.8) is 0 Å². The second-order valence-electron chi connectivity index (χ2n) is 6.58. The summed E-state index contributed by atoms with van der Waals surface area (Å²) in [6.45, 7) is 6.95. The van der Waals surface area contributed by atoms with Crippen molar-refractivity contribution in [1.82, 2.24) is 15.1 Å². The summed E-state index contributed by atoms with van der Waals surface area (Å²) in [5.41, 5.74) is 3.14. The van der Waals surface area contributed by atoms with Crippen molar-refractivity contribution in [3.8, 4) is 17.1 Å². The fourth-order valence-corrected chi connectivity index (χ4v) is 2.54. The number of amides is 1. The van der Waals surface area contributed by atoms with Crippen LogP contribution in [0.5, 0.6) is 0 Å². The van der Waals surface area contributed by atoms with Crippen LogP contribution < -0.4 is 5.32 Å². The number of benzene rings is 1. The third-order valence-electron chi connectivity index (χ3n) is 4.00. The van der Waals surface area contributed by atoms with Crippen molar-refractivity contribution in [3.05, 3.63) is 60.0 Å². The minimum absolute atomic E-state index is 0.133. The van der Waals surface area contributed by atoms with Gasteiger partial charge in [-0.15, -0.1) is 0 Å². The Morgan fingerprint density at radius 3 is 2.64 bits per heavy atom. The van der Waals surface area contributed by atoms with E-state index < -0.39 is 0 Å². The lowest BCUT2D eigenvalue weighted by Gasteiger charge is -2.09. The predicted molar refractivity (Wildman–Crippen MR) is 97.8 cm³/mol. The molecule has 2 aromatic heterocycles. The quantitative estimate of drug-likeness (QED) is 0.733. The molecule has 0 fully saturated rings. The van der Waals surface area contributed by atoms with Crippen molar-refractivity contribution in [1.29, 1.82) is 0 Å². The van der Waals surface area contributed by atoms with E-state index in [0.29, 0.717) is 29.6 Å². The average molecular weight is 337 g/mol. The van der Waals surface area contributed by atoms with E-state index >= 15 is 0 Å². The molecule has 0 spiro atoms. The fraction of sp³-hybridized carbons (Fsp3) is 0.300. The van der Waals surface area contributed by atoms with Crippen LogP contribution in [0.4, 0.5) is 0 Å². The first-order valence-corrected chi connectivity index (χ1v) is 8.54. The smallest absolute Gasteiger partial charge is 0.270 e. The first-order chi connectivity index (χ1) is 12.0. The number of aromatic nitrogens is 2. The van der Waals surface area contributed by atoms with E-state index in [1.807, 2.05) is 43.3 Å². The van der Waals surface area contributed by atoms with Gasteiger partial charge in [-0.05, 0) is 43.5 Å². The van der Waals surface area contributed by atoms with Gasteiger partial charge in [-0.1, -0.05) is 31.5 Å². The molecule has 1 amide bonds. The van der Waals surface area contributed by atoms with Crippen LogP contribution in [0.1, 0.15) is 36.3 Å². The molecule has 0 aliphatic rings. The van der Waals surface area contributed by atoms with Gasteiger partial charge >= 0.3 is 0 Å². The molecule has 0 aliphatic heterocycles. The molecule has 0 radical (unpaired) electrons. The van der Waals surface area contributed by atoms with Crippen molar-refractivity contribution in [2.45, 2.75) is 27.2 Å². The molecule has 2 heterocycles. The molecular formula is C20H23N3O2. The van der Waals surface area contributed by atoms with Crippen LogP contribution in [0, 0.1) is 12.8 Å². The van der Waals surface area contributed by atoms with E-state index in [4.69, 9.17) is 4.42 Å². The fourth-order valence-electron chi connectivity index (χ4n) is 2.54. The van der Waals surface area contributed by atoms with Gasteiger partial charge in [-0.25, -0.2) is 4.68 Å². The van der Waals surface area contributed by atoms with Crippen LogP contribution in [-0.4, -0.2) is 22.2 Å². The summed E-state index contributed by atoms with van der Waals surface area (Å²) in [6, 6.07) is 13.3. The lowest BCUT2D eigenvalue weighted by Crippen LogP contribution is -2.27. The highest BCUT2D eigenvalue weighted by Crippen LogP contribution is 2.22. The molecule has 0 unspecified atom stereocenters. The number of aryl methyl sites for hydroxylation is 1. The molecule has 3 aromatic rings. The highest BCUT2D eigenvalue weighted by molar-refractivity contribution is 5.94. The Morgan fingerprint density at radius 1 is 1.24 bits per heavy atom. The summed E-state index contributed by atoms with van der Waals surface area (Å²) in [5, 5.41) is 7.56. The Bertz CT molecular complexity index is 830. The largest absolute Gasteiger partial charge is 0.463 e. The molecule has 25 heavy (non-hydrogen) atoms. The van der Waals surface area contributed by atoms with Gasteiger partial charge in [0, 0.05) is 12.6 Å².